The summed E-state index contributed by atoms with van der Waals surface area (Å²) in [4.78, 5) is 2.49. The largest absolute Gasteiger partial charge is 0.313 e. The van der Waals surface area contributed by atoms with Crippen molar-refractivity contribution in [3.63, 3.8) is 0 Å². The molecule has 0 aromatic heterocycles. The molecule has 0 saturated heterocycles. The molecule has 2 nitrogen and oxygen atoms in total. The summed E-state index contributed by atoms with van der Waals surface area (Å²) in [5.74, 6) is 0.722. The monoisotopic (exact) mass is 212 g/mol. The zero-order valence-corrected chi connectivity index (χ0v) is 11.1. The van der Waals surface area contributed by atoms with Crippen LogP contribution < -0.4 is 5.32 Å². The highest BCUT2D eigenvalue weighted by Crippen LogP contribution is 2.06. The fourth-order valence-electron chi connectivity index (χ4n) is 1.57. The third kappa shape index (κ3) is 7.57. The lowest BCUT2D eigenvalue weighted by Crippen LogP contribution is -2.37. The van der Waals surface area contributed by atoms with Crippen LogP contribution in [0.25, 0.3) is 0 Å². The van der Waals surface area contributed by atoms with E-state index in [2.05, 4.69) is 51.4 Å². The van der Waals surface area contributed by atoms with E-state index in [1.54, 1.807) is 0 Å². The maximum atomic E-state index is 4.12. The first-order chi connectivity index (χ1) is 6.97. The van der Waals surface area contributed by atoms with Crippen LogP contribution in [-0.4, -0.2) is 37.1 Å². The van der Waals surface area contributed by atoms with E-state index >= 15 is 0 Å². The van der Waals surface area contributed by atoms with Gasteiger partial charge in [-0.3, -0.25) is 4.90 Å². The normalized spacial score (nSPS) is 11.7. The molecule has 0 spiro atoms. The molecule has 0 aromatic carbocycles. The number of likely N-dealkylation sites (N-methyl/N-ethyl adjacent to an activating group) is 1. The second-order valence-electron chi connectivity index (χ2n) is 4.95. The summed E-state index contributed by atoms with van der Waals surface area (Å²) in [7, 11) is 0. The summed E-state index contributed by atoms with van der Waals surface area (Å²) in [6, 6.07) is 0.603. The number of hydrogen-bond acceptors (Lipinski definition) is 2. The Labute approximate surface area is 95.7 Å². The van der Waals surface area contributed by atoms with E-state index in [0.717, 1.165) is 32.1 Å². The standard InChI is InChI=1S/C13H28N2/c1-7-14-8-13(6)10-15(12(4)5)9-11(2)3/h11-12,14H,6-10H2,1-5H3. The van der Waals surface area contributed by atoms with Crippen LogP contribution in [0.5, 0.6) is 0 Å². The van der Waals surface area contributed by atoms with Gasteiger partial charge in [0.15, 0.2) is 0 Å². The molecule has 0 saturated carbocycles. The van der Waals surface area contributed by atoms with E-state index in [4.69, 9.17) is 0 Å². The van der Waals surface area contributed by atoms with Gasteiger partial charge in [0, 0.05) is 25.7 Å². The molecule has 0 atom stereocenters. The summed E-state index contributed by atoms with van der Waals surface area (Å²) in [5.41, 5.74) is 1.28. The first kappa shape index (κ1) is 14.7. The molecule has 0 aromatic rings. The van der Waals surface area contributed by atoms with Gasteiger partial charge in [-0.15, -0.1) is 0 Å². The topological polar surface area (TPSA) is 15.3 Å². The molecule has 2 heteroatoms. The fraction of sp³-hybridized carbons (Fsp3) is 0.846. The minimum Gasteiger partial charge on any atom is -0.313 e. The van der Waals surface area contributed by atoms with Crippen molar-refractivity contribution in [1.29, 1.82) is 0 Å². The molecule has 0 aliphatic heterocycles. The van der Waals surface area contributed by atoms with Gasteiger partial charge in [0.2, 0.25) is 0 Å². The Morgan fingerprint density at radius 1 is 1.27 bits per heavy atom. The van der Waals surface area contributed by atoms with Crippen molar-refractivity contribution in [2.45, 2.75) is 40.7 Å². The van der Waals surface area contributed by atoms with Crippen molar-refractivity contribution in [3.8, 4) is 0 Å². The first-order valence-electron chi connectivity index (χ1n) is 6.08. The molecule has 0 amide bonds. The van der Waals surface area contributed by atoms with Gasteiger partial charge in [0.25, 0.3) is 0 Å². The lowest BCUT2D eigenvalue weighted by molar-refractivity contribution is 0.213. The van der Waals surface area contributed by atoms with Gasteiger partial charge < -0.3 is 5.32 Å². The highest BCUT2D eigenvalue weighted by atomic mass is 15.1. The Kier molecular flexibility index (Phi) is 7.71. The molecule has 0 fully saturated rings. The van der Waals surface area contributed by atoms with Crippen LogP contribution in [0.15, 0.2) is 12.2 Å². The Balaban J connectivity index is 3.99. The minimum atomic E-state index is 0.603. The van der Waals surface area contributed by atoms with Crippen molar-refractivity contribution < 1.29 is 0 Å². The van der Waals surface area contributed by atoms with Crippen LogP contribution >= 0.6 is 0 Å². The van der Waals surface area contributed by atoms with Gasteiger partial charge in [-0.2, -0.15) is 0 Å². The van der Waals surface area contributed by atoms with E-state index in [9.17, 15) is 0 Å². The molecule has 15 heavy (non-hydrogen) atoms. The molecule has 0 unspecified atom stereocenters. The Morgan fingerprint density at radius 2 is 1.87 bits per heavy atom. The quantitative estimate of drug-likeness (QED) is 0.622. The van der Waals surface area contributed by atoms with E-state index in [-0.39, 0.29) is 0 Å². The van der Waals surface area contributed by atoms with Crippen LogP contribution in [0.2, 0.25) is 0 Å². The maximum absolute atomic E-state index is 4.12. The van der Waals surface area contributed by atoms with Gasteiger partial charge >= 0.3 is 0 Å². The van der Waals surface area contributed by atoms with E-state index in [1.807, 2.05) is 0 Å². The van der Waals surface area contributed by atoms with Crippen molar-refractivity contribution in [2.24, 2.45) is 5.92 Å². The zero-order chi connectivity index (χ0) is 11.8. The van der Waals surface area contributed by atoms with Gasteiger partial charge in [0.05, 0.1) is 0 Å². The molecular weight excluding hydrogens is 184 g/mol. The minimum absolute atomic E-state index is 0.603. The number of rotatable bonds is 8. The summed E-state index contributed by atoms with van der Waals surface area (Å²) < 4.78 is 0. The van der Waals surface area contributed by atoms with Gasteiger partial charge in [-0.05, 0) is 31.9 Å². The molecule has 1 N–H and O–H groups in total. The van der Waals surface area contributed by atoms with Crippen molar-refractivity contribution in [3.05, 3.63) is 12.2 Å². The smallest absolute Gasteiger partial charge is 0.0205 e. The Bertz CT molecular complexity index is 173. The van der Waals surface area contributed by atoms with Crippen LogP contribution in [0.4, 0.5) is 0 Å². The van der Waals surface area contributed by atoms with Crippen LogP contribution in [0.3, 0.4) is 0 Å². The van der Waals surface area contributed by atoms with E-state index in [1.165, 1.54) is 5.57 Å². The van der Waals surface area contributed by atoms with E-state index in [0.29, 0.717) is 6.04 Å². The second-order valence-corrected chi connectivity index (χ2v) is 4.95. The van der Waals surface area contributed by atoms with Crippen LogP contribution in [-0.2, 0) is 0 Å². The van der Waals surface area contributed by atoms with Crippen molar-refractivity contribution >= 4 is 0 Å². The van der Waals surface area contributed by atoms with Crippen LogP contribution in [0.1, 0.15) is 34.6 Å². The number of nitrogens with one attached hydrogen (secondary N) is 1. The molecule has 0 aliphatic rings. The average Bonchev–Trinajstić information content (AvgIpc) is 2.12. The predicted octanol–water partition coefficient (Wildman–Crippen LogP) is 2.52. The van der Waals surface area contributed by atoms with Crippen LogP contribution in [0, 0.1) is 5.92 Å². The van der Waals surface area contributed by atoms with Gasteiger partial charge in [0.1, 0.15) is 0 Å². The number of hydrogen-bond donors (Lipinski definition) is 1. The maximum Gasteiger partial charge on any atom is 0.0205 e. The number of nitrogens with zero attached hydrogens (tertiary/aromatic N) is 1. The summed E-state index contributed by atoms with van der Waals surface area (Å²) in [6.07, 6.45) is 0. The Morgan fingerprint density at radius 3 is 2.27 bits per heavy atom. The molecule has 0 heterocycles. The van der Waals surface area contributed by atoms with Gasteiger partial charge in [-0.1, -0.05) is 27.4 Å². The second kappa shape index (κ2) is 7.89. The van der Waals surface area contributed by atoms with Gasteiger partial charge in [-0.25, -0.2) is 0 Å². The lowest BCUT2D eigenvalue weighted by atomic mass is 10.1. The highest BCUT2D eigenvalue weighted by molar-refractivity contribution is 5.00. The molecule has 0 bridgehead atoms. The highest BCUT2D eigenvalue weighted by Gasteiger charge is 2.11. The SMILES string of the molecule is C=C(CNCC)CN(CC(C)C)C(C)C. The summed E-state index contributed by atoms with van der Waals surface area (Å²) in [6.45, 7) is 19.4. The predicted molar refractivity (Wildman–Crippen MR) is 69.2 cm³/mol. The summed E-state index contributed by atoms with van der Waals surface area (Å²) >= 11 is 0. The Hall–Kier alpha value is -0.340. The third-order valence-corrected chi connectivity index (χ3v) is 2.38. The zero-order valence-electron chi connectivity index (χ0n) is 11.1. The molecule has 90 valence electrons. The third-order valence-electron chi connectivity index (χ3n) is 2.38. The fourth-order valence-corrected chi connectivity index (χ4v) is 1.57. The van der Waals surface area contributed by atoms with Crippen molar-refractivity contribution in [2.75, 3.05) is 26.2 Å². The molecule has 0 aliphatic carbocycles. The molecular formula is C13H28N2. The van der Waals surface area contributed by atoms with Crippen molar-refractivity contribution in [1.82, 2.24) is 10.2 Å². The average molecular weight is 212 g/mol. The molecule has 0 radical (unpaired) electrons. The lowest BCUT2D eigenvalue weighted by Gasteiger charge is -2.29. The molecule has 0 rings (SSSR count). The first-order valence-corrected chi connectivity index (χ1v) is 6.08. The summed E-state index contributed by atoms with van der Waals surface area (Å²) in [5, 5.41) is 3.32. The van der Waals surface area contributed by atoms with E-state index < -0.39 is 0 Å².